The lowest BCUT2D eigenvalue weighted by atomic mass is 10.0. The van der Waals surface area contributed by atoms with E-state index in [2.05, 4.69) is 20.9 Å². The molecule has 150 valence electrons. The number of hydrogen-bond donors (Lipinski definition) is 2. The average molecular weight is 430 g/mol. The summed E-state index contributed by atoms with van der Waals surface area (Å²) >= 11 is 7.44. The summed E-state index contributed by atoms with van der Waals surface area (Å²) in [5.74, 6) is 1.44. The lowest BCUT2D eigenvalue weighted by Crippen LogP contribution is -2.41. The number of halogens is 1. The molecule has 0 saturated heterocycles. The largest absolute Gasteiger partial charge is 0.497 e. The summed E-state index contributed by atoms with van der Waals surface area (Å²) in [5.41, 5.74) is 5.04. The number of carbonyl (C=O) groups excluding carboxylic acids is 1. The van der Waals surface area contributed by atoms with Crippen LogP contribution in [0.5, 0.6) is 5.75 Å². The topological polar surface area (TPSA) is 81.1 Å². The number of carbonyl (C=O) groups is 1. The van der Waals surface area contributed by atoms with Crippen LogP contribution in [0, 0.1) is 0 Å². The van der Waals surface area contributed by atoms with Crippen molar-refractivity contribution in [2.24, 2.45) is 0 Å². The molecule has 3 aromatic rings. The van der Waals surface area contributed by atoms with Crippen molar-refractivity contribution in [3.8, 4) is 5.75 Å². The molecule has 0 unspecified atom stereocenters. The molecule has 1 aromatic heterocycles. The summed E-state index contributed by atoms with van der Waals surface area (Å²) in [6, 6.07) is 14.5. The second kappa shape index (κ2) is 8.34. The van der Waals surface area contributed by atoms with Gasteiger partial charge in [0.2, 0.25) is 11.1 Å². The van der Waals surface area contributed by atoms with Gasteiger partial charge in [-0.3, -0.25) is 4.79 Å². The van der Waals surface area contributed by atoms with Crippen molar-refractivity contribution >= 4 is 35.0 Å². The molecule has 2 heterocycles. The molecular weight excluding hydrogens is 410 g/mol. The Kier molecular flexibility index (Phi) is 5.64. The lowest BCUT2D eigenvalue weighted by molar-refractivity contribution is -0.116. The third kappa shape index (κ3) is 4.04. The van der Waals surface area contributed by atoms with Gasteiger partial charge in [0.1, 0.15) is 11.0 Å². The van der Waals surface area contributed by atoms with Crippen molar-refractivity contribution in [3.05, 3.63) is 64.9 Å². The van der Waals surface area contributed by atoms with E-state index in [0.29, 0.717) is 15.9 Å². The van der Waals surface area contributed by atoms with E-state index in [-0.39, 0.29) is 11.9 Å². The van der Waals surface area contributed by atoms with Crippen molar-refractivity contribution in [1.82, 2.24) is 14.9 Å². The third-order valence-electron chi connectivity index (χ3n) is 4.65. The van der Waals surface area contributed by atoms with Gasteiger partial charge in [-0.05, 0) is 35.9 Å². The van der Waals surface area contributed by atoms with Gasteiger partial charge in [-0.15, -0.1) is 10.2 Å². The summed E-state index contributed by atoms with van der Waals surface area (Å²) in [6.07, 6.45) is 0.731. The number of nitrogens with one attached hydrogen (secondary N) is 2. The minimum atomic E-state index is -0.455. The number of hydrogen-bond acceptors (Lipinski definition) is 6. The predicted molar refractivity (Wildman–Crippen MR) is 114 cm³/mol. The van der Waals surface area contributed by atoms with E-state index < -0.39 is 5.25 Å². The molecular formula is C20H20ClN5O2S. The zero-order chi connectivity index (χ0) is 20.4. The van der Waals surface area contributed by atoms with Crippen molar-refractivity contribution < 1.29 is 9.53 Å². The Labute approximate surface area is 177 Å². The summed E-state index contributed by atoms with van der Waals surface area (Å²) in [7, 11) is 1.63. The number of thioether (sulfide) groups is 1. The molecule has 0 fully saturated rings. The van der Waals surface area contributed by atoms with Crippen LogP contribution in [0.2, 0.25) is 5.02 Å². The van der Waals surface area contributed by atoms with E-state index in [1.54, 1.807) is 25.3 Å². The van der Waals surface area contributed by atoms with E-state index in [1.807, 2.05) is 41.9 Å². The minimum Gasteiger partial charge on any atom is -0.497 e. The fraction of sp³-hybridized carbons (Fsp3) is 0.250. The number of anilines is 1. The maximum absolute atomic E-state index is 13.2. The monoisotopic (exact) mass is 429 g/mol. The standard InChI is InChI=1S/C20H20ClN5O2S/c1-3-16-23-24-20-26(16)25-17(12-7-9-15(28-2)10-8-12)18(29-20)19(27)22-14-6-4-5-13(21)11-14/h4-11,17-18,25H,3H2,1-2H3,(H,22,27)/t17-,18-/m1/s1. The minimum absolute atomic E-state index is 0.141. The van der Waals surface area contributed by atoms with Crippen LogP contribution in [-0.4, -0.2) is 33.1 Å². The van der Waals surface area contributed by atoms with Crippen molar-refractivity contribution in [1.29, 1.82) is 0 Å². The molecule has 0 aliphatic carbocycles. The SMILES string of the molecule is CCc1nnc2n1N[C@H](c1ccc(OC)cc1)[C@H](C(=O)Nc1cccc(Cl)c1)S2. The lowest BCUT2D eigenvalue weighted by Gasteiger charge is -2.33. The van der Waals surface area contributed by atoms with E-state index in [9.17, 15) is 4.79 Å². The van der Waals surface area contributed by atoms with Crippen LogP contribution < -0.4 is 15.5 Å². The summed E-state index contributed by atoms with van der Waals surface area (Å²) < 4.78 is 7.12. The molecule has 2 atom stereocenters. The number of methoxy groups -OCH3 is 1. The average Bonchev–Trinajstić information content (AvgIpc) is 3.15. The van der Waals surface area contributed by atoms with Crippen LogP contribution in [0.4, 0.5) is 5.69 Å². The highest BCUT2D eigenvalue weighted by Gasteiger charge is 2.37. The summed E-state index contributed by atoms with van der Waals surface area (Å²) in [5, 5.41) is 12.2. The zero-order valence-corrected chi connectivity index (χ0v) is 17.5. The first kappa shape index (κ1) is 19.6. The van der Waals surface area contributed by atoms with Gasteiger partial charge in [0.15, 0.2) is 5.82 Å². The van der Waals surface area contributed by atoms with E-state index >= 15 is 0 Å². The van der Waals surface area contributed by atoms with E-state index in [1.165, 1.54) is 11.8 Å². The van der Waals surface area contributed by atoms with Gasteiger partial charge < -0.3 is 15.5 Å². The fourth-order valence-electron chi connectivity index (χ4n) is 3.17. The molecule has 1 aliphatic rings. The molecule has 9 heteroatoms. The van der Waals surface area contributed by atoms with E-state index in [0.717, 1.165) is 23.6 Å². The number of aromatic nitrogens is 3. The molecule has 29 heavy (non-hydrogen) atoms. The Morgan fingerprint density at radius 3 is 2.76 bits per heavy atom. The van der Waals surface area contributed by atoms with Gasteiger partial charge in [0, 0.05) is 17.1 Å². The van der Waals surface area contributed by atoms with Crippen LogP contribution in [-0.2, 0) is 11.2 Å². The molecule has 0 spiro atoms. The normalized spacial score (nSPS) is 17.9. The molecule has 0 radical (unpaired) electrons. The second-order valence-electron chi connectivity index (χ2n) is 6.51. The van der Waals surface area contributed by atoms with E-state index in [4.69, 9.17) is 16.3 Å². The molecule has 1 aliphatic heterocycles. The van der Waals surface area contributed by atoms with Gasteiger partial charge in [-0.1, -0.05) is 48.5 Å². The second-order valence-corrected chi connectivity index (χ2v) is 8.05. The molecule has 0 bridgehead atoms. The number of nitrogens with zero attached hydrogens (tertiary/aromatic N) is 3. The number of amides is 1. The number of aryl methyl sites for hydroxylation is 1. The van der Waals surface area contributed by atoms with Gasteiger partial charge in [-0.2, -0.15) is 0 Å². The smallest absolute Gasteiger partial charge is 0.240 e. The quantitative estimate of drug-likeness (QED) is 0.640. The Hall–Kier alpha value is -2.71. The molecule has 7 nitrogen and oxygen atoms in total. The van der Waals surface area contributed by atoms with Crippen LogP contribution in [0.3, 0.4) is 0 Å². The number of rotatable bonds is 5. The Bertz CT molecular complexity index is 1020. The summed E-state index contributed by atoms with van der Waals surface area (Å²) in [6.45, 7) is 2.02. The number of fused-ring (bicyclic) bond motifs is 1. The Balaban J connectivity index is 1.66. The molecule has 2 N–H and O–H groups in total. The van der Waals surface area contributed by atoms with Gasteiger partial charge in [0.05, 0.1) is 13.2 Å². The maximum Gasteiger partial charge on any atom is 0.240 e. The van der Waals surface area contributed by atoms with Crippen molar-refractivity contribution in [2.75, 3.05) is 17.9 Å². The van der Waals surface area contributed by atoms with Crippen LogP contribution in [0.25, 0.3) is 0 Å². The molecule has 1 amide bonds. The Morgan fingerprint density at radius 2 is 2.07 bits per heavy atom. The first-order chi connectivity index (χ1) is 14.1. The predicted octanol–water partition coefficient (Wildman–Crippen LogP) is 3.90. The first-order valence-corrected chi connectivity index (χ1v) is 10.4. The maximum atomic E-state index is 13.2. The van der Waals surface area contributed by atoms with Gasteiger partial charge in [0.25, 0.3) is 0 Å². The van der Waals surface area contributed by atoms with Gasteiger partial charge in [-0.25, -0.2) is 4.68 Å². The zero-order valence-electron chi connectivity index (χ0n) is 15.9. The molecule has 4 rings (SSSR count). The van der Waals surface area contributed by atoms with Crippen LogP contribution >= 0.6 is 23.4 Å². The molecule has 2 aromatic carbocycles. The van der Waals surface area contributed by atoms with Crippen molar-refractivity contribution in [3.63, 3.8) is 0 Å². The summed E-state index contributed by atoms with van der Waals surface area (Å²) in [4.78, 5) is 13.2. The van der Waals surface area contributed by atoms with Crippen LogP contribution in [0.1, 0.15) is 24.4 Å². The highest BCUT2D eigenvalue weighted by molar-refractivity contribution is 8.00. The van der Waals surface area contributed by atoms with Crippen LogP contribution in [0.15, 0.2) is 53.7 Å². The number of benzene rings is 2. The third-order valence-corrected chi connectivity index (χ3v) is 6.10. The molecule has 0 saturated carbocycles. The van der Waals surface area contributed by atoms with Crippen molar-refractivity contribution in [2.45, 2.75) is 29.8 Å². The highest BCUT2D eigenvalue weighted by Crippen LogP contribution is 2.38. The Morgan fingerprint density at radius 1 is 1.28 bits per heavy atom. The first-order valence-electron chi connectivity index (χ1n) is 9.17. The van der Waals surface area contributed by atoms with Gasteiger partial charge >= 0.3 is 0 Å². The highest BCUT2D eigenvalue weighted by atomic mass is 35.5. The fourth-order valence-corrected chi connectivity index (χ4v) is 4.46. The number of ether oxygens (including phenoxy) is 1.